The highest BCUT2D eigenvalue weighted by Gasteiger charge is 2.28. The molecule has 3 aromatic rings. The third-order valence-corrected chi connectivity index (χ3v) is 8.21. The molecule has 1 N–H and O–H groups in total. The van der Waals surface area contributed by atoms with Gasteiger partial charge in [-0.2, -0.15) is 4.31 Å². The summed E-state index contributed by atoms with van der Waals surface area (Å²) < 4.78 is 33.3. The molecule has 1 saturated heterocycles. The second kappa shape index (κ2) is 9.58. The third kappa shape index (κ3) is 4.57. The monoisotopic (exact) mass is 477 g/mol. The summed E-state index contributed by atoms with van der Waals surface area (Å²) in [7, 11) is -3.64. The summed E-state index contributed by atoms with van der Waals surface area (Å²) in [6.07, 6.45) is 0.693. The van der Waals surface area contributed by atoms with Crippen molar-refractivity contribution in [2.24, 2.45) is 0 Å². The lowest BCUT2D eigenvalue weighted by Crippen LogP contribution is -2.36. The van der Waals surface area contributed by atoms with Crippen molar-refractivity contribution < 1.29 is 17.9 Å². The van der Waals surface area contributed by atoms with Crippen LogP contribution in [0.25, 0.3) is 0 Å². The lowest BCUT2D eigenvalue weighted by atomic mass is 10.0. The second-order valence-electron chi connectivity index (χ2n) is 8.45. The van der Waals surface area contributed by atoms with Gasteiger partial charge in [-0.3, -0.25) is 4.79 Å². The number of fused-ring (bicyclic) bond motifs is 1. The molecule has 0 spiro atoms. The highest BCUT2D eigenvalue weighted by atomic mass is 32.2. The SMILES string of the molecule is O=C(Nc1ccccc1N1CCOCC1)c1ccc(S(=O)(=O)N2CCc3ccccc3C2)cc1. The second-order valence-corrected chi connectivity index (χ2v) is 10.4. The van der Waals surface area contributed by atoms with Gasteiger partial charge >= 0.3 is 0 Å². The number of nitrogens with one attached hydrogen (secondary N) is 1. The Morgan fingerprint density at radius 1 is 0.824 bits per heavy atom. The molecule has 2 heterocycles. The van der Waals surface area contributed by atoms with E-state index in [4.69, 9.17) is 4.74 Å². The van der Waals surface area contributed by atoms with Crippen molar-refractivity contribution in [3.8, 4) is 0 Å². The van der Waals surface area contributed by atoms with Gasteiger partial charge in [0.15, 0.2) is 0 Å². The van der Waals surface area contributed by atoms with E-state index >= 15 is 0 Å². The maximum atomic E-state index is 13.2. The van der Waals surface area contributed by atoms with E-state index in [9.17, 15) is 13.2 Å². The number of para-hydroxylation sites is 2. The van der Waals surface area contributed by atoms with E-state index in [-0.39, 0.29) is 10.8 Å². The van der Waals surface area contributed by atoms with Crippen LogP contribution in [0, 0.1) is 0 Å². The maximum absolute atomic E-state index is 13.2. The van der Waals surface area contributed by atoms with E-state index in [1.165, 1.54) is 22.0 Å². The van der Waals surface area contributed by atoms with Crippen LogP contribution in [0.1, 0.15) is 21.5 Å². The molecule has 2 aliphatic rings. The fourth-order valence-corrected chi connectivity index (χ4v) is 5.88. The Kier molecular flexibility index (Phi) is 6.36. The van der Waals surface area contributed by atoms with Crippen LogP contribution in [0.2, 0.25) is 0 Å². The summed E-state index contributed by atoms with van der Waals surface area (Å²) in [5.41, 5.74) is 4.30. The van der Waals surface area contributed by atoms with Crippen LogP contribution in [0.3, 0.4) is 0 Å². The first-order valence-corrected chi connectivity index (χ1v) is 12.9. The van der Waals surface area contributed by atoms with Gasteiger partial charge in [0.1, 0.15) is 0 Å². The lowest BCUT2D eigenvalue weighted by Gasteiger charge is -2.30. The molecular formula is C26H27N3O4S. The van der Waals surface area contributed by atoms with Crippen molar-refractivity contribution in [3.63, 3.8) is 0 Å². The summed E-state index contributed by atoms with van der Waals surface area (Å²) in [4.78, 5) is 15.3. The fraction of sp³-hybridized carbons (Fsp3) is 0.269. The molecule has 1 fully saturated rings. The van der Waals surface area contributed by atoms with Gasteiger partial charge in [0.25, 0.3) is 5.91 Å². The van der Waals surface area contributed by atoms with Gasteiger partial charge < -0.3 is 15.0 Å². The van der Waals surface area contributed by atoms with Gasteiger partial charge in [0.05, 0.1) is 29.5 Å². The molecule has 176 valence electrons. The van der Waals surface area contributed by atoms with Gasteiger partial charge in [0, 0.05) is 31.7 Å². The first kappa shape index (κ1) is 22.6. The molecule has 7 nitrogen and oxygen atoms in total. The average molecular weight is 478 g/mol. The number of carbonyl (C=O) groups excluding carboxylic acids is 1. The number of amides is 1. The Balaban J connectivity index is 1.31. The Hall–Kier alpha value is -3.20. The van der Waals surface area contributed by atoms with Crippen LogP contribution in [0.5, 0.6) is 0 Å². The van der Waals surface area contributed by atoms with Crippen molar-refractivity contribution in [1.29, 1.82) is 0 Å². The maximum Gasteiger partial charge on any atom is 0.255 e. The molecule has 1 amide bonds. The van der Waals surface area contributed by atoms with Crippen molar-refractivity contribution in [2.45, 2.75) is 17.9 Å². The quantitative estimate of drug-likeness (QED) is 0.608. The molecule has 0 radical (unpaired) electrons. The van der Waals surface area contributed by atoms with E-state index in [1.807, 2.05) is 48.5 Å². The van der Waals surface area contributed by atoms with E-state index in [2.05, 4.69) is 10.2 Å². The number of rotatable bonds is 5. The molecular weight excluding hydrogens is 450 g/mol. The zero-order valence-electron chi connectivity index (χ0n) is 18.8. The normalized spacial score (nSPS) is 16.6. The number of benzene rings is 3. The third-order valence-electron chi connectivity index (χ3n) is 6.35. The molecule has 0 atom stereocenters. The first-order chi connectivity index (χ1) is 16.5. The van der Waals surface area contributed by atoms with E-state index in [0.29, 0.717) is 38.3 Å². The Morgan fingerprint density at radius 2 is 1.50 bits per heavy atom. The molecule has 3 aromatic carbocycles. The minimum Gasteiger partial charge on any atom is -0.378 e. The van der Waals surface area contributed by atoms with Crippen LogP contribution in [0.15, 0.2) is 77.7 Å². The number of hydrogen-bond acceptors (Lipinski definition) is 5. The molecule has 0 aliphatic carbocycles. The first-order valence-electron chi connectivity index (χ1n) is 11.4. The standard InChI is InChI=1S/C26H27N3O4S/c30-26(27-24-7-3-4-8-25(24)28-15-17-33-18-16-28)21-9-11-23(12-10-21)34(31,32)29-14-13-20-5-1-2-6-22(20)19-29/h1-12H,13-19H2,(H,27,30). The average Bonchev–Trinajstić information content (AvgIpc) is 2.89. The molecule has 0 unspecified atom stereocenters. The van der Waals surface area contributed by atoms with Crippen molar-refractivity contribution >= 4 is 27.3 Å². The summed E-state index contributed by atoms with van der Waals surface area (Å²) >= 11 is 0. The van der Waals surface area contributed by atoms with Gasteiger partial charge in [-0.05, 0) is 53.9 Å². The summed E-state index contributed by atoms with van der Waals surface area (Å²) in [6.45, 7) is 3.64. The lowest BCUT2D eigenvalue weighted by molar-refractivity contribution is 0.102. The van der Waals surface area contributed by atoms with Gasteiger partial charge in [-0.15, -0.1) is 0 Å². The zero-order chi connectivity index (χ0) is 23.5. The molecule has 0 aromatic heterocycles. The predicted octanol–water partition coefficient (Wildman–Crippen LogP) is 3.52. The Labute approximate surface area is 200 Å². The van der Waals surface area contributed by atoms with Gasteiger partial charge in [-0.1, -0.05) is 36.4 Å². The summed E-state index contributed by atoms with van der Waals surface area (Å²) in [6, 6.07) is 21.8. The van der Waals surface area contributed by atoms with E-state index in [1.54, 1.807) is 12.1 Å². The van der Waals surface area contributed by atoms with Crippen LogP contribution < -0.4 is 10.2 Å². The zero-order valence-corrected chi connectivity index (χ0v) is 19.6. The highest BCUT2D eigenvalue weighted by Crippen LogP contribution is 2.28. The fourth-order valence-electron chi connectivity index (χ4n) is 4.46. The molecule has 0 bridgehead atoms. The topological polar surface area (TPSA) is 79.0 Å². The number of carbonyl (C=O) groups is 1. The molecule has 34 heavy (non-hydrogen) atoms. The Bertz CT molecular complexity index is 1290. The summed E-state index contributed by atoms with van der Waals surface area (Å²) in [5, 5.41) is 2.98. The molecule has 5 rings (SSSR count). The highest BCUT2D eigenvalue weighted by molar-refractivity contribution is 7.89. The molecule has 0 saturated carbocycles. The molecule has 2 aliphatic heterocycles. The van der Waals surface area contributed by atoms with Crippen molar-refractivity contribution in [1.82, 2.24) is 4.31 Å². The largest absolute Gasteiger partial charge is 0.378 e. The van der Waals surface area contributed by atoms with E-state index in [0.717, 1.165) is 30.0 Å². The van der Waals surface area contributed by atoms with Crippen LogP contribution in [-0.4, -0.2) is 51.5 Å². The number of sulfonamides is 1. The van der Waals surface area contributed by atoms with Gasteiger partial charge in [-0.25, -0.2) is 8.42 Å². The number of nitrogens with zero attached hydrogens (tertiary/aromatic N) is 2. The number of morpholine rings is 1. The summed E-state index contributed by atoms with van der Waals surface area (Å²) in [5.74, 6) is -0.281. The minimum absolute atomic E-state index is 0.192. The minimum atomic E-state index is -3.64. The van der Waals surface area contributed by atoms with Gasteiger partial charge in [0.2, 0.25) is 10.0 Å². The van der Waals surface area contributed by atoms with Crippen LogP contribution >= 0.6 is 0 Å². The van der Waals surface area contributed by atoms with E-state index < -0.39 is 10.0 Å². The van der Waals surface area contributed by atoms with Crippen LogP contribution in [-0.2, 0) is 27.7 Å². The van der Waals surface area contributed by atoms with Crippen molar-refractivity contribution in [3.05, 3.63) is 89.5 Å². The number of anilines is 2. The number of ether oxygens (including phenoxy) is 1. The smallest absolute Gasteiger partial charge is 0.255 e. The number of hydrogen-bond donors (Lipinski definition) is 1. The van der Waals surface area contributed by atoms with Crippen LogP contribution in [0.4, 0.5) is 11.4 Å². The molecule has 8 heteroatoms. The predicted molar refractivity (Wildman–Crippen MR) is 132 cm³/mol. The van der Waals surface area contributed by atoms with Crippen molar-refractivity contribution in [2.75, 3.05) is 43.1 Å². The Morgan fingerprint density at radius 3 is 2.26 bits per heavy atom.